The van der Waals surface area contributed by atoms with Crippen LogP contribution in [0.15, 0.2) is 12.1 Å². The number of hydrogen-bond donors (Lipinski definition) is 2. The van der Waals surface area contributed by atoms with Gasteiger partial charge in [0.25, 0.3) is 5.91 Å². The van der Waals surface area contributed by atoms with E-state index in [-0.39, 0.29) is 11.6 Å². The van der Waals surface area contributed by atoms with Crippen molar-refractivity contribution < 1.29 is 9.53 Å². The van der Waals surface area contributed by atoms with E-state index < -0.39 is 0 Å². The van der Waals surface area contributed by atoms with E-state index in [9.17, 15) is 4.79 Å². The Hall–Kier alpha value is -1.73. The molecule has 1 heterocycles. The molecule has 0 radical (unpaired) electrons. The molecule has 7 nitrogen and oxygen atoms in total. The van der Waals surface area contributed by atoms with E-state index in [0.29, 0.717) is 19.0 Å². The first-order valence-electron chi connectivity index (χ1n) is 4.73. The number of likely N-dealkylation sites (N-methyl/N-ethyl adjacent to an activating group) is 1. The molecule has 0 saturated heterocycles. The van der Waals surface area contributed by atoms with E-state index in [0.717, 1.165) is 0 Å². The minimum absolute atomic E-state index is 0.201. The second kappa shape index (κ2) is 5.99. The minimum Gasteiger partial charge on any atom is -0.383 e. The van der Waals surface area contributed by atoms with Crippen molar-refractivity contribution in [1.82, 2.24) is 15.1 Å². The van der Waals surface area contributed by atoms with Gasteiger partial charge in [-0.15, -0.1) is 10.2 Å². The predicted octanol–water partition coefficient (Wildman–Crippen LogP) is -0.519. The molecule has 0 aliphatic rings. The SMILES string of the molecule is COCCN(C)C(=O)c1ccc(NN)nn1. The van der Waals surface area contributed by atoms with Gasteiger partial charge in [-0.05, 0) is 12.1 Å². The highest BCUT2D eigenvalue weighted by Crippen LogP contribution is 2.02. The number of nitrogens with one attached hydrogen (secondary N) is 1. The largest absolute Gasteiger partial charge is 0.383 e. The van der Waals surface area contributed by atoms with E-state index >= 15 is 0 Å². The topological polar surface area (TPSA) is 93.4 Å². The second-order valence-electron chi connectivity index (χ2n) is 3.17. The third kappa shape index (κ3) is 3.14. The lowest BCUT2D eigenvalue weighted by Gasteiger charge is -2.15. The fourth-order valence-electron chi connectivity index (χ4n) is 1.05. The monoisotopic (exact) mass is 225 g/mol. The highest BCUT2D eigenvalue weighted by atomic mass is 16.5. The Labute approximate surface area is 93.6 Å². The van der Waals surface area contributed by atoms with E-state index in [1.165, 1.54) is 4.90 Å². The van der Waals surface area contributed by atoms with Gasteiger partial charge in [0.2, 0.25) is 0 Å². The normalized spacial score (nSPS) is 9.94. The van der Waals surface area contributed by atoms with Crippen LogP contribution in [0.5, 0.6) is 0 Å². The molecule has 0 spiro atoms. The first-order valence-corrected chi connectivity index (χ1v) is 4.73. The van der Waals surface area contributed by atoms with Crippen LogP contribution in [0.3, 0.4) is 0 Å². The number of aromatic nitrogens is 2. The number of hydrazine groups is 1. The summed E-state index contributed by atoms with van der Waals surface area (Å²) in [4.78, 5) is 13.3. The van der Waals surface area contributed by atoms with Crippen molar-refractivity contribution in [3.63, 3.8) is 0 Å². The predicted molar refractivity (Wildman–Crippen MR) is 58.7 cm³/mol. The third-order valence-electron chi connectivity index (χ3n) is 2.01. The Morgan fingerprint density at radius 1 is 1.56 bits per heavy atom. The number of carbonyl (C=O) groups is 1. The number of hydrogen-bond acceptors (Lipinski definition) is 6. The zero-order valence-corrected chi connectivity index (χ0v) is 9.30. The van der Waals surface area contributed by atoms with Crippen molar-refractivity contribution in [2.24, 2.45) is 5.84 Å². The van der Waals surface area contributed by atoms with Crippen molar-refractivity contribution in [3.8, 4) is 0 Å². The molecule has 88 valence electrons. The lowest BCUT2D eigenvalue weighted by molar-refractivity contribution is 0.0737. The van der Waals surface area contributed by atoms with Crippen LogP contribution >= 0.6 is 0 Å². The number of anilines is 1. The summed E-state index contributed by atoms with van der Waals surface area (Å²) in [7, 11) is 3.26. The van der Waals surface area contributed by atoms with Gasteiger partial charge in [0, 0.05) is 20.7 Å². The van der Waals surface area contributed by atoms with Gasteiger partial charge in [-0.25, -0.2) is 5.84 Å². The summed E-state index contributed by atoms with van der Waals surface area (Å²) in [5.41, 5.74) is 2.61. The molecule has 0 aliphatic carbocycles. The van der Waals surface area contributed by atoms with Gasteiger partial charge < -0.3 is 15.1 Å². The van der Waals surface area contributed by atoms with Crippen LogP contribution in [0.1, 0.15) is 10.5 Å². The van der Waals surface area contributed by atoms with Gasteiger partial charge in [0.05, 0.1) is 6.61 Å². The molecule has 16 heavy (non-hydrogen) atoms. The molecule has 0 saturated carbocycles. The standard InChI is InChI=1S/C9H15N5O2/c1-14(5-6-16-2)9(15)7-3-4-8(11-10)13-12-7/h3-4H,5-6,10H2,1-2H3,(H,11,13). The fraction of sp³-hybridized carbons (Fsp3) is 0.444. The summed E-state index contributed by atoms with van der Waals surface area (Å²) in [5.74, 6) is 5.35. The van der Waals surface area contributed by atoms with Crippen molar-refractivity contribution in [3.05, 3.63) is 17.8 Å². The summed E-state index contributed by atoms with van der Waals surface area (Å²) in [5, 5.41) is 7.47. The van der Waals surface area contributed by atoms with Crippen LogP contribution < -0.4 is 11.3 Å². The molecule has 0 aliphatic heterocycles. The third-order valence-corrected chi connectivity index (χ3v) is 2.01. The van der Waals surface area contributed by atoms with Crippen LogP contribution in [-0.2, 0) is 4.74 Å². The zero-order chi connectivity index (χ0) is 12.0. The molecule has 0 bridgehead atoms. The number of carbonyl (C=O) groups excluding carboxylic acids is 1. The summed E-state index contributed by atoms with van der Waals surface area (Å²) < 4.78 is 4.88. The lowest BCUT2D eigenvalue weighted by Crippen LogP contribution is -2.30. The highest BCUT2D eigenvalue weighted by Gasteiger charge is 2.13. The summed E-state index contributed by atoms with van der Waals surface area (Å²) >= 11 is 0. The molecular formula is C9H15N5O2. The number of rotatable bonds is 5. The maximum absolute atomic E-state index is 11.8. The average Bonchev–Trinajstić information content (AvgIpc) is 2.35. The van der Waals surface area contributed by atoms with Crippen LogP contribution in [0, 0.1) is 0 Å². The van der Waals surface area contributed by atoms with Gasteiger partial charge in [-0.1, -0.05) is 0 Å². The Kier molecular flexibility index (Phi) is 4.62. The fourth-order valence-corrected chi connectivity index (χ4v) is 1.05. The Morgan fingerprint density at radius 2 is 2.31 bits per heavy atom. The number of nitrogen functional groups attached to an aromatic ring is 1. The smallest absolute Gasteiger partial charge is 0.274 e. The molecule has 0 unspecified atom stereocenters. The van der Waals surface area contributed by atoms with Crippen LogP contribution in [0.25, 0.3) is 0 Å². The van der Waals surface area contributed by atoms with Gasteiger partial charge >= 0.3 is 0 Å². The number of ether oxygens (including phenoxy) is 1. The maximum atomic E-state index is 11.8. The molecule has 0 atom stereocenters. The molecular weight excluding hydrogens is 210 g/mol. The van der Waals surface area contributed by atoms with E-state index in [1.54, 1.807) is 26.3 Å². The first-order chi connectivity index (χ1) is 7.69. The van der Waals surface area contributed by atoms with Crippen molar-refractivity contribution >= 4 is 11.7 Å². The zero-order valence-electron chi connectivity index (χ0n) is 9.30. The molecule has 1 amide bonds. The molecule has 3 N–H and O–H groups in total. The summed E-state index contributed by atoms with van der Waals surface area (Å²) in [6.07, 6.45) is 0. The van der Waals surface area contributed by atoms with Crippen LogP contribution in [-0.4, -0.2) is 48.3 Å². The van der Waals surface area contributed by atoms with Crippen molar-refractivity contribution in [1.29, 1.82) is 0 Å². The van der Waals surface area contributed by atoms with Gasteiger partial charge in [0.1, 0.15) is 0 Å². The number of nitrogens with two attached hydrogens (primary N) is 1. The number of amides is 1. The van der Waals surface area contributed by atoms with Crippen LogP contribution in [0.2, 0.25) is 0 Å². The lowest BCUT2D eigenvalue weighted by atomic mass is 10.3. The molecule has 0 aromatic carbocycles. The Morgan fingerprint density at radius 3 is 2.81 bits per heavy atom. The Balaban J connectivity index is 2.64. The van der Waals surface area contributed by atoms with Crippen molar-refractivity contribution in [2.45, 2.75) is 0 Å². The molecule has 1 aromatic heterocycles. The molecule has 1 aromatic rings. The molecule has 0 fully saturated rings. The molecule has 1 rings (SSSR count). The van der Waals surface area contributed by atoms with Gasteiger partial charge in [-0.2, -0.15) is 0 Å². The highest BCUT2D eigenvalue weighted by molar-refractivity contribution is 5.92. The maximum Gasteiger partial charge on any atom is 0.274 e. The summed E-state index contributed by atoms with van der Waals surface area (Å²) in [6, 6.07) is 3.15. The van der Waals surface area contributed by atoms with Gasteiger partial charge in [0.15, 0.2) is 11.5 Å². The minimum atomic E-state index is -0.201. The first kappa shape index (κ1) is 12.3. The van der Waals surface area contributed by atoms with E-state index in [4.69, 9.17) is 10.6 Å². The van der Waals surface area contributed by atoms with Gasteiger partial charge in [-0.3, -0.25) is 4.79 Å². The summed E-state index contributed by atoms with van der Waals surface area (Å²) in [6.45, 7) is 0.992. The second-order valence-corrected chi connectivity index (χ2v) is 3.17. The van der Waals surface area contributed by atoms with Crippen LogP contribution in [0.4, 0.5) is 5.82 Å². The molecule has 7 heteroatoms. The van der Waals surface area contributed by atoms with Crippen molar-refractivity contribution in [2.75, 3.05) is 32.7 Å². The van der Waals surface area contributed by atoms with E-state index in [1.807, 2.05) is 0 Å². The number of nitrogens with zero attached hydrogens (tertiary/aromatic N) is 3. The van der Waals surface area contributed by atoms with E-state index in [2.05, 4.69) is 15.6 Å². The Bertz CT molecular complexity index is 340. The average molecular weight is 225 g/mol. The quantitative estimate of drug-likeness (QED) is 0.517. The number of methoxy groups -OCH3 is 1.